The minimum absolute atomic E-state index is 0.0904. The van der Waals surface area contributed by atoms with Crippen LogP contribution in [0, 0.1) is 6.92 Å². The lowest BCUT2D eigenvalue weighted by molar-refractivity contribution is 0.264. The SMILES string of the molecule is CC=CCOc1ccc(C)nc1CO. The Morgan fingerprint density at radius 1 is 1.50 bits per heavy atom. The number of ether oxygens (including phenoxy) is 1. The summed E-state index contributed by atoms with van der Waals surface area (Å²) in [5.41, 5.74) is 1.47. The van der Waals surface area contributed by atoms with E-state index in [1.54, 1.807) is 0 Å². The summed E-state index contributed by atoms with van der Waals surface area (Å²) in [4.78, 5) is 4.17. The number of aliphatic hydroxyl groups excluding tert-OH is 1. The van der Waals surface area contributed by atoms with E-state index in [2.05, 4.69) is 4.98 Å². The highest BCUT2D eigenvalue weighted by Gasteiger charge is 2.03. The van der Waals surface area contributed by atoms with Gasteiger partial charge in [-0.05, 0) is 26.0 Å². The summed E-state index contributed by atoms with van der Waals surface area (Å²) in [5.74, 6) is 0.649. The summed E-state index contributed by atoms with van der Waals surface area (Å²) in [7, 11) is 0. The third-order valence-corrected chi connectivity index (χ3v) is 1.79. The molecule has 14 heavy (non-hydrogen) atoms. The quantitative estimate of drug-likeness (QED) is 0.742. The Bertz CT molecular complexity index is 321. The van der Waals surface area contributed by atoms with E-state index < -0.39 is 0 Å². The maximum atomic E-state index is 9.04. The van der Waals surface area contributed by atoms with Crippen LogP contribution < -0.4 is 4.74 Å². The van der Waals surface area contributed by atoms with E-state index in [4.69, 9.17) is 9.84 Å². The van der Waals surface area contributed by atoms with Crippen LogP contribution in [0.1, 0.15) is 18.3 Å². The molecule has 0 aliphatic rings. The van der Waals surface area contributed by atoms with Gasteiger partial charge in [-0.3, -0.25) is 4.98 Å². The molecule has 0 saturated carbocycles. The highest BCUT2D eigenvalue weighted by atomic mass is 16.5. The molecule has 1 N–H and O–H groups in total. The lowest BCUT2D eigenvalue weighted by Crippen LogP contribution is -2.00. The van der Waals surface area contributed by atoms with E-state index in [0.717, 1.165) is 5.69 Å². The monoisotopic (exact) mass is 193 g/mol. The second kappa shape index (κ2) is 5.40. The van der Waals surface area contributed by atoms with Gasteiger partial charge < -0.3 is 9.84 Å². The van der Waals surface area contributed by atoms with Crippen molar-refractivity contribution in [2.45, 2.75) is 20.5 Å². The fourth-order valence-corrected chi connectivity index (χ4v) is 1.08. The number of aromatic nitrogens is 1. The van der Waals surface area contributed by atoms with E-state index in [0.29, 0.717) is 18.1 Å². The first-order valence-corrected chi connectivity index (χ1v) is 4.59. The predicted molar refractivity (Wildman–Crippen MR) is 55.2 cm³/mol. The number of hydrogen-bond acceptors (Lipinski definition) is 3. The number of rotatable bonds is 4. The molecule has 1 rings (SSSR count). The molecule has 0 fully saturated rings. The number of nitrogens with zero attached hydrogens (tertiary/aromatic N) is 1. The minimum Gasteiger partial charge on any atom is -0.488 e. The highest BCUT2D eigenvalue weighted by Crippen LogP contribution is 2.16. The van der Waals surface area contributed by atoms with Gasteiger partial charge in [0.25, 0.3) is 0 Å². The number of aliphatic hydroxyl groups is 1. The molecule has 0 spiro atoms. The Morgan fingerprint density at radius 2 is 2.29 bits per heavy atom. The molecule has 3 heteroatoms. The Kier molecular flexibility index (Phi) is 4.13. The zero-order valence-electron chi connectivity index (χ0n) is 8.53. The first kappa shape index (κ1) is 10.7. The Morgan fingerprint density at radius 3 is 2.93 bits per heavy atom. The maximum Gasteiger partial charge on any atom is 0.143 e. The Labute approximate surface area is 84.1 Å². The van der Waals surface area contributed by atoms with Gasteiger partial charge in [0.15, 0.2) is 0 Å². The molecule has 0 radical (unpaired) electrons. The van der Waals surface area contributed by atoms with Gasteiger partial charge >= 0.3 is 0 Å². The molecule has 0 amide bonds. The molecule has 3 nitrogen and oxygen atoms in total. The fourth-order valence-electron chi connectivity index (χ4n) is 1.08. The van der Waals surface area contributed by atoms with Crippen molar-refractivity contribution in [3.05, 3.63) is 35.7 Å². The molecule has 0 aromatic carbocycles. The van der Waals surface area contributed by atoms with Gasteiger partial charge in [-0.15, -0.1) is 0 Å². The average Bonchev–Trinajstić information content (AvgIpc) is 2.20. The average molecular weight is 193 g/mol. The maximum absolute atomic E-state index is 9.04. The molecular formula is C11H15NO2. The number of hydrogen-bond donors (Lipinski definition) is 1. The van der Waals surface area contributed by atoms with E-state index in [1.165, 1.54) is 0 Å². The lowest BCUT2D eigenvalue weighted by atomic mass is 10.3. The van der Waals surface area contributed by atoms with Gasteiger partial charge in [-0.25, -0.2) is 0 Å². The van der Waals surface area contributed by atoms with Crippen molar-refractivity contribution >= 4 is 0 Å². The second-order valence-electron chi connectivity index (χ2n) is 2.94. The van der Waals surface area contributed by atoms with E-state index >= 15 is 0 Å². The molecule has 0 saturated heterocycles. The zero-order valence-corrected chi connectivity index (χ0v) is 8.53. The van der Waals surface area contributed by atoms with Gasteiger partial charge in [-0.1, -0.05) is 12.2 Å². The van der Waals surface area contributed by atoms with Crippen LogP contribution in [0.15, 0.2) is 24.3 Å². The third kappa shape index (κ3) is 2.85. The Balaban J connectivity index is 2.74. The van der Waals surface area contributed by atoms with Crippen molar-refractivity contribution in [2.75, 3.05) is 6.61 Å². The van der Waals surface area contributed by atoms with Gasteiger partial charge in [-0.2, -0.15) is 0 Å². The van der Waals surface area contributed by atoms with Crippen LogP contribution in [0.4, 0.5) is 0 Å². The summed E-state index contributed by atoms with van der Waals surface area (Å²) < 4.78 is 5.41. The fraction of sp³-hybridized carbons (Fsp3) is 0.364. The molecule has 0 atom stereocenters. The van der Waals surface area contributed by atoms with Crippen LogP contribution in [-0.4, -0.2) is 16.7 Å². The summed E-state index contributed by atoms with van der Waals surface area (Å²) in [6.07, 6.45) is 3.82. The minimum atomic E-state index is -0.0904. The largest absolute Gasteiger partial charge is 0.488 e. The number of allylic oxidation sites excluding steroid dienone is 1. The van der Waals surface area contributed by atoms with E-state index in [1.807, 2.05) is 38.1 Å². The van der Waals surface area contributed by atoms with Crippen LogP contribution in [0.2, 0.25) is 0 Å². The van der Waals surface area contributed by atoms with Crippen molar-refractivity contribution in [3.8, 4) is 5.75 Å². The molecule has 1 heterocycles. The predicted octanol–water partition coefficient (Wildman–Crippen LogP) is 1.84. The molecule has 76 valence electrons. The molecule has 1 aromatic heterocycles. The lowest BCUT2D eigenvalue weighted by Gasteiger charge is -2.07. The summed E-state index contributed by atoms with van der Waals surface area (Å²) in [6.45, 7) is 4.24. The van der Waals surface area contributed by atoms with Crippen LogP contribution in [0.25, 0.3) is 0 Å². The summed E-state index contributed by atoms with van der Waals surface area (Å²) in [6, 6.07) is 3.70. The Hall–Kier alpha value is -1.35. The molecule has 1 aromatic rings. The second-order valence-corrected chi connectivity index (χ2v) is 2.94. The first-order chi connectivity index (χ1) is 6.77. The summed E-state index contributed by atoms with van der Waals surface area (Å²) >= 11 is 0. The smallest absolute Gasteiger partial charge is 0.143 e. The molecular weight excluding hydrogens is 178 g/mol. The van der Waals surface area contributed by atoms with Crippen molar-refractivity contribution in [3.63, 3.8) is 0 Å². The van der Waals surface area contributed by atoms with Crippen molar-refractivity contribution in [2.24, 2.45) is 0 Å². The van der Waals surface area contributed by atoms with Gasteiger partial charge in [0.05, 0.1) is 6.61 Å². The van der Waals surface area contributed by atoms with E-state index in [-0.39, 0.29) is 6.61 Å². The van der Waals surface area contributed by atoms with Crippen LogP contribution in [0.3, 0.4) is 0 Å². The normalized spacial score (nSPS) is 10.8. The van der Waals surface area contributed by atoms with Crippen molar-refractivity contribution in [1.82, 2.24) is 4.98 Å². The molecule has 0 aliphatic carbocycles. The zero-order chi connectivity index (χ0) is 10.4. The van der Waals surface area contributed by atoms with Gasteiger partial charge in [0.2, 0.25) is 0 Å². The molecule has 0 bridgehead atoms. The van der Waals surface area contributed by atoms with Crippen LogP contribution in [-0.2, 0) is 6.61 Å². The standard InChI is InChI=1S/C11H15NO2/c1-3-4-7-14-11-6-5-9(2)12-10(11)8-13/h3-6,13H,7-8H2,1-2H3. The van der Waals surface area contributed by atoms with E-state index in [9.17, 15) is 0 Å². The third-order valence-electron chi connectivity index (χ3n) is 1.79. The molecule has 0 unspecified atom stereocenters. The first-order valence-electron chi connectivity index (χ1n) is 4.59. The van der Waals surface area contributed by atoms with Gasteiger partial charge in [0, 0.05) is 5.69 Å². The number of aryl methyl sites for hydroxylation is 1. The van der Waals surface area contributed by atoms with Crippen LogP contribution in [0.5, 0.6) is 5.75 Å². The van der Waals surface area contributed by atoms with Gasteiger partial charge in [0.1, 0.15) is 18.1 Å². The van der Waals surface area contributed by atoms with Crippen molar-refractivity contribution < 1.29 is 9.84 Å². The molecule has 0 aliphatic heterocycles. The number of pyridine rings is 1. The van der Waals surface area contributed by atoms with Crippen molar-refractivity contribution in [1.29, 1.82) is 0 Å². The topological polar surface area (TPSA) is 42.4 Å². The summed E-state index contributed by atoms with van der Waals surface area (Å²) in [5, 5.41) is 9.04. The van der Waals surface area contributed by atoms with Crippen LogP contribution >= 0.6 is 0 Å². The highest BCUT2D eigenvalue weighted by molar-refractivity contribution is 5.28.